The molecule has 0 saturated heterocycles. The van der Waals surface area contributed by atoms with Gasteiger partial charge < -0.3 is 5.32 Å². The molecule has 27 heavy (non-hydrogen) atoms. The third-order valence-electron chi connectivity index (χ3n) is 4.49. The Bertz CT molecular complexity index is 907. The van der Waals surface area contributed by atoms with E-state index in [0.29, 0.717) is 22.9 Å². The lowest BCUT2D eigenvalue weighted by molar-refractivity contribution is -0.121. The quantitative estimate of drug-likeness (QED) is 0.531. The molecule has 1 amide bonds. The highest BCUT2D eigenvalue weighted by molar-refractivity contribution is 6.35. The lowest BCUT2D eigenvalue weighted by Gasteiger charge is -2.20. The SMILES string of the molecule is Cc1ccc([C@@H](NC(=O)CCc2ccc(Cl)cc2Cl)c2ccccc2)cc1. The molecular formula is C23H21Cl2NO. The fraction of sp³-hybridized carbons (Fsp3) is 0.174. The third kappa shape index (κ3) is 5.35. The maximum atomic E-state index is 12.6. The molecule has 0 radical (unpaired) electrons. The predicted molar refractivity (Wildman–Crippen MR) is 112 cm³/mol. The van der Waals surface area contributed by atoms with Gasteiger partial charge in [0.2, 0.25) is 5.91 Å². The van der Waals surface area contributed by atoms with Gasteiger partial charge in [-0.2, -0.15) is 0 Å². The predicted octanol–water partition coefficient (Wildman–Crippen LogP) is 6.14. The van der Waals surface area contributed by atoms with E-state index in [1.165, 1.54) is 5.56 Å². The second-order valence-electron chi connectivity index (χ2n) is 6.56. The molecule has 0 aromatic heterocycles. The minimum Gasteiger partial charge on any atom is -0.345 e. The summed E-state index contributed by atoms with van der Waals surface area (Å²) < 4.78 is 0. The fourth-order valence-corrected chi connectivity index (χ4v) is 3.47. The second kappa shape index (κ2) is 9.07. The number of aryl methyl sites for hydroxylation is 2. The van der Waals surface area contributed by atoms with Crippen molar-refractivity contribution in [3.8, 4) is 0 Å². The summed E-state index contributed by atoms with van der Waals surface area (Å²) in [5, 5.41) is 4.35. The number of nitrogens with one attached hydrogen (secondary N) is 1. The monoisotopic (exact) mass is 397 g/mol. The number of amides is 1. The molecule has 1 atom stereocenters. The van der Waals surface area contributed by atoms with E-state index in [4.69, 9.17) is 23.2 Å². The van der Waals surface area contributed by atoms with Gasteiger partial charge in [0.1, 0.15) is 0 Å². The standard InChI is InChI=1S/C23H21Cl2NO/c1-16-7-9-19(10-8-16)23(18-5-3-2-4-6-18)26-22(27)14-12-17-11-13-20(24)15-21(17)25/h2-11,13,15,23H,12,14H2,1H3,(H,26,27)/t23-/m0/s1. The molecule has 0 bridgehead atoms. The van der Waals surface area contributed by atoms with Crippen LogP contribution >= 0.6 is 23.2 Å². The van der Waals surface area contributed by atoms with Crippen LogP contribution in [0.1, 0.15) is 34.7 Å². The van der Waals surface area contributed by atoms with Crippen molar-refractivity contribution >= 4 is 29.1 Å². The highest BCUT2D eigenvalue weighted by Gasteiger charge is 2.17. The summed E-state index contributed by atoms with van der Waals surface area (Å²) in [7, 11) is 0. The Morgan fingerprint density at radius 2 is 1.59 bits per heavy atom. The largest absolute Gasteiger partial charge is 0.345 e. The van der Waals surface area contributed by atoms with E-state index in [-0.39, 0.29) is 11.9 Å². The Hall–Kier alpha value is -2.29. The first kappa shape index (κ1) is 19.5. The van der Waals surface area contributed by atoms with Crippen LogP contribution in [-0.2, 0) is 11.2 Å². The Morgan fingerprint density at radius 1 is 0.926 bits per heavy atom. The molecule has 2 nitrogen and oxygen atoms in total. The molecule has 0 heterocycles. The molecule has 0 fully saturated rings. The Kier molecular flexibility index (Phi) is 6.54. The average Bonchev–Trinajstić information content (AvgIpc) is 2.67. The molecule has 3 aromatic carbocycles. The molecule has 0 aliphatic heterocycles. The van der Waals surface area contributed by atoms with Gasteiger partial charge in [-0.25, -0.2) is 0 Å². The number of halogens is 2. The minimum absolute atomic E-state index is 0.0181. The second-order valence-corrected chi connectivity index (χ2v) is 7.40. The van der Waals surface area contributed by atoms with Crippen molar-refractivity contribution in [2.45, 2.75) is 25.8 Å². The van der Waals surface area contributed by atoms with Crippen molar-refractivity contribution in [3.63, 3.8) is 0 Å². The van der Waals surface area contributed by atoms with E-state index >= 15 is 0 Å². The van der Waals surface area contributed by atoms with E-state index in [1.807, 2.05) is 36.4 Å². The van der Waals surface area contributed by atoms with E-state index in [9.17, 15) is 4.79 Å². The van der Waals surface area contributed by atoms with Crippen LogP contribution in [0.5, 0.6) is 0 Å². The molecule has 0 saturated carbocycles. The lowest BCUT2D eigenvalue weighted by Crippen LogP contribution is -2.29. The summed E-state index contributed by atoms with van der Waals surface area (Å²) in [5.74, 6) is -0.0181. The molecule has 0 unspecified atom stereocenters. The van der Waals surface area contributed by atoms with Gasteiger partial charge in [-0.1, -0.05) is 89.4 Å². The van der Waals surface area contributed by atoms with Crippen LogP contribution in [0.4, 0.5) is 0 Å². The van der Waals surface area contributed by atoms with Crippen molar-refractivity contribution in [2.75, 3.05) is 0 Å². The maximum Gasteiger partial charge on any atom is 0.221 e. The summed E-state index contributed by atoms with van der Waals surface area (Å²) in [5.41, 5.74) is 4.22. The van der Waals surface area contributed by atoms with Gasteiger partial charge in [-0.3, -0.25) is 4.79 Å². The Morgan fingerprint density at radius 3 is 2.26 bits per heavy atom. The van der Waals surface area contributed by atoms with Crippen LogP contribution in [0.3, 0.4) is 0 Å². The molecular weight excluding hydrogens is 377 g/mol. The van der Waals surface area contributed by atoms with Gasteiger partial charge in [0.25, 0.3) is 0 Å². The van der Waals surface area contributed by atoms with E-state index < -0.39 is 0 Å². The molecule has 4 heteroatoms. The number of carbonyl (C=O) groups is 1. The van der Waals surface area contributed by atoms with Crippen LogP contribution in [0, 0.1) is 6.92 Å². The first-order chi connectivity index (χ1) is 13.0. The smallest absolute Gasteiger partial charge is 0.221 e. The van der Waals surface area contributed by atoms with E-state index in [1.54, 1.807) is 12.1 Å². The lowest BCUT2D eigenvalue weighted by atomic mass is 9.97. The zero-order valence-electron chi connectivity index (χ0n) is 15.1. The van der Waals surface area contributed by atoms with Crippen LogP contribution in [0.25, 0.3) is 0 Å². The van der Waals surface area contributed by atoms with Crippen LogP contribution in [0.15, 0.2) is 72.8 Å². The molecule has 138 valence electrons. The molecule has 0 aliphatic rings. The molecule has 3 rings (SSSR count). The Balaban J connectivity index is 1.73. The normalized spacial score (nSPS) is 11.8. The summed E-state index contributed by atoms with van der Waals surface area (Å²) in [6.07, 6.45) is 0.924. The average molecular weight is 398 g/mol. The number of carbonyl (C=O) groups excluding carboxylic acids is 1. The van der Waals surface area contributed by atoms with E-state index in [2.05, 4.69) is 36.5 Å². The van der Waals surface area contributed by atoms with Crippen LogP contribution < -0.4 is 5.32 Å². The van der Waals surface area contributed by atoms with Gasteiger partial charge in [-0.15, -0.1) is 0 Å². The summed E-state index contributed by atoms with van der Waals surface area (Å²) in [6.45, 7) is 2.05. The first-order valence-electron chi connectivity index (χ1n) is 8.88. The topological polar surface area (TPSA) is 29.1 Å². The van der Waals surface area contributed by atoms with Gasteiger partial charge in [0.05, 0.1) is 6.04 Å². The fourth-order valence-electron chi connectivity index (χ4n) is 2.97. The van der Waals surface area contributed by atoms with Gasteiger partial charge in [0, 0.05) is 16.5 Å². The summed E-state index contributed by atoms with van der Waals surface area (Å²) in [4.78, 5) is 12.6. The van der Waals surface area contributed by atoms with Crippen molar-refractivity contribution in [1.29, 1.82) is 0 Å². The Labute approximate surface area is 170 Å². The number of benzene rings is 3. The summed E-state index contributed by atoms with van der Waals surface area (Å²) in [6, 6.07) is 23.4. The highest BCUT2D eigenvalue weighted by Crippen LogP contribution is 2.24. The number of rotatable bonds is 6. The van der Waals surface area contributed by atoms with Crippen LogP contribution in [-0.4, -0.2) is 5.91 Å². The molecule has 1 N–H and O–H groups in total. The molecule has 0 spiro atoms. The molecule has 0 aliphatic carbocycles. The van der Waals surface area contributed by atoms with E-state index in [0.717, 1.165) is 16.7 Å². The first-order valence-corrected chi connectivity index (χ1v) is 9.63. The maximum absolute atomic E-state index is 12.6. The van der Waals surface area contributed by atoms with Gasteiger partial charge >= 0.3 is 0 Å². The third-order valence-corrected chi connectivity index (χ3v) is 5.07. The minimum atomic E-state index is -0.181. The van der Waals surface area contributed by atoms with Crippen molar-refractivity contribution in [2.24, 2.45) is 0 Å². The van der Waals surface area contributed by atoms with Crippen molar-refractivity contribution < 1.29 is 4.79 Å². The van der Waals surface area contributed by atoms with Crippen molar-refractivity contribution in [3.05, 3.63) is 105 Å². The number of hydrogen-bond donors (Lipinski definition) is 1. The zero-order valence-corrected chi connectivity index (χ0v) is 16.6. The highest BCUT2D eigenvalue weighted by atomic mass is 35.5. The molecule has 3 aromatic rings. The summed E-state index contributed by atoms with van der Waals surface area (Å²) >= 11 is 12.1. The number of hydrogen-bond acceptors (Lipinski definition) is 1. The van der Waals surface area contributed by atoms with Gasteiger partial charge in [-0.05, 0) is 42.2 Å². The zero-order chi connectivity index (χ0) is 19.2. The van der Waals surface area contributed by atoms with Crippen molar-refractivity contribution in [1.82, 2.24) is 5.32 Å². The van der Waals surface area contributed by atoms with Crippen LogP contribution in [0.2, 0.25) is 10.0 Å². The van der Waals surface area contributed by atoms with Gasteiger partial charge in [0.15, 0.2) is 0 Å².